The van der Waals surface area contributed by atoms with E-state index in [1.54, 1.807) is 24.0 Å². The van der Waals surface area contributed by atoms with Crippen LogP contribution in [-0.2, 0) is 11.8 Å². The van der Waals surface area contributed by atoms with Gasteiger partial charge in [-0.25, -0.2) is 0 Å². The number of phenolic OH excluding ortho intramolecular Hbond substituents is 2. The molecule has 1 aliphatic heterocycles. The summed E-state index contributed by atoms with van der Waals surface area (Å²) in [5, 5.41) is 25.8. The number of rotatable bonds is 5. The molecule has 2 aromatic carbocycles. The monoisotopic (exact) mass is 473 g/mol. The van der Waals surface area contributed by atoms with Crippen molar-refractivity contribution in [3.8, 4) is 22.8 Å². The number of likely N-dealkylation sites (tertiary alicyclic amines) is 1. The number of phenols is 2. The second-order valence-corrected chi connectivity index (χ2v) is 8.95. The van der Waals surface area contributed by atoms with E-state index < -0.39 is 11.3 Å². The van der Waals surface area contributed by atoms with Crippen LogP contribution in [0.3, 0.4) is 0 Å². The summed E-state index contributed by atoms with van der Waals surface area (Å²) < 4.78 is 7.84. The molecule has 1 fully saturated rings. The average Bonchev–Trinajstić information content (AvgIpc) is 3.29. The fourth-order valence-corrected chi connectivity index (χ4v) is 4.93. The van der Waals surface area contributed by atoms with Crippen LogP contribution in [0.4, 0.5) is 0 Å². The summed E-state index contributed by atoms with van der Waals surface area (Å²) in [6, 6.07) is 13.4. The van der Waals surface area contributed by atoms with Crippen LogP contribution in [0.15, 0.2) is 63.9 Å². The third-order valence-corrected chi connectivity index (χ3v) is 6.71. The predicted molar refractivity (Wildman–Crippen MR) is 131 cm³/mol. The molecule has 8 nitrogen and oxygen atoms in total. The van der Waals surface area contributed by atoms with Gasteiger partial charge in [-0.3, -0.25) is 14.3 Å². The highest BCUT2D eigenvalue weighted by Gasteiger charge is 2.31. The van der Waals surface area contributed by atoms with Gasteiger partial charge in [0, 0.05) is 67.6 Å². The number of hydrogen-bond acceptors (Lipinski definition) is 6. The van der Waals surface area contributed by atoms with Crippen molar-refractivity contribution in [2.75, 3.05) is 13.1 Å². The first-order valence-corrected chi connectivity index (χ1v) is 11.8. The molecule has 0 radical (unpaired) electrons. The molecule has 8 heteroatoms. The molecule has 1 saturated heterocycles. The van der Waals surface area contributed by atoms with Crippen LogP contribution in [0, 0.1) is 0 Å². The van der Waals surface area contributed by atoms with E-state index >= 15 is 0 Å². The minimum Gasteiger partial charge on any atom is -0.507 e. The molecule has 4 aromatic rings. The summed E-state index contributed by atoms with van der Waals surface area (Å²) in [5.41, 5.74) is 1.27. The van der Waals surface area contributed by atoms with Gasteiger partial charge in [-0.05, 0) is 25.3 Å². The van der Waals surface area contributed by atoms with E-state index in [9.17, 15) is 19.8 Å². The summed E-state index contributed by atoms with van der Waals surface area (Å²) in [4.78, 5) is 28.3. The molecule has 5 rings (SSSR count). The average molecular weight is 474 g/mol. The van der Waals surface area contributed by atoms with Gasteiger partial charge in [-0.2, -0.15) is 5.10 Å². The lowest BCUT2D eigenvalue weighted by Crippen LogP contribution is -2.36. The first-order valence-electron chi connectivity index (χ1n) is 11.8. The Labute approximate surface area is 202 Å². The molecule has 0 unspecified atom stereocenters. The summed E-state index contributed by atoms with van der Waals surface area (Å²) in [6.07, 6.45) is 4.71. The maximum atomic E-state index is 13.3. The molecule has 180 valence electrons. The highest BCUT2D eigenvalue weighted by atomic mass is 16.3. The zero-order chi connectivity index (χ0) is 24.5. The Bertz CT molecular complexity index is 1430. The number of carbonyl (C=O) groups is 1. The Morgan fingerprint density at radius 1 is 1.06 bits per heavy atom. The Balaban J connectivity index is 1.72. The van der Waals surface area contributed by atoms with Gasteiger partial charge in [0.25, 0.3) is 0 Å². The maximum Gasteiger partial charge on any atom is 0.223 e. The van der Waals surface area contributed by atoms with Crippen LogP contribution in [-0.4, -0.2) is 43.9 Å². The maximum absolute atomic E-state index is 13.3. The first kappa shape index (κ1) is 22.7. The number of hydrogen-bond donors (Lipinski definition) is 2. The topological polar surface area (TPSA) is 109 Å². The minimum absolute atomic E-state index is 0.0323. The van der Waals surface area contributed by atoms with Crippen molar-refractivity contribution in [1.82, 2.24) is 14.7 Å². The van der Waals surface area contributed by atoms with Gasteiger partial charge in [-0.15, -0.1) is 0 Å². The number of amides is 1. The largest absolute Gasteiger partial charge is 0.507 e. The van der Waals surface area contributed by atoms with Crippen molar-refractivity contribution < 1.29 is 19.4 Å². The zero-order valence-corrected chi connectivity index (χ0v) is 19.5. The van der Waals surface area contributed by atoms with Crippen LogP contribution in [0.5, 0.6) is 11.5 Å². The van der Waals surface area contributed by atoms with E-state index in [1.807, 2.05) is 35.2 Å². The van der Waals surface area contributed by atoms with Gasteiger partial charge < -0.3 is 19.5 Å². The van der Waals surface area contributed by atoms with Crippen molar-refractivity contribution in [2.24, 2.45) is 7.05 Å². The lowest BCUT2D eigenvalue weighted by molar-refractivity contribution is -0.132. The van der Waals surface area contributed by atoms with Gasteiger partial charge >= 0.3 is 0 Å². The Kier molecular flexibility index (Phi) is 6.03. The van der Waals surface area contributed by atoms with E-state index in [2.05, 4.69) is 5.10 Å². The SMILES string of the molecule is Cn1nccc1[C@@H](CC(=O)N1CCCCC1)c1c(O)cc(O)c2c(=O)cc(-c3ccccc3)oc12. The highest BCUT2D eigenvalue weighted by molar-refractivity contribution is 5.91. The summed E-state index contributed by atoms with van der Waals surface area (Å²) in [6.45, 7) is 1.40. The fourth-order valence-electron chi connectivity index (χ4n) is 4.93. The van der Waals surface area contributed by atoms with Crippen LogP contribution in [0.2, 0.25) is 0 Å². The van der Waals surface area contributed by atoms with E-state index in [0.29, 0.717) is 30.1 Å². The van der Waals surface area contributed by atoms with E-state index in [0.717, 1.165) is 25.3 Å². The molecule has 3 heterocycles. The van der Waals surface area contributed by atoms with Crippen LogP contribution in [0.1, 0.15) is 42.9 Å². The Hall–Kier alpha value is -4.07. The normalized spacial score (nSPS) is 14.8. The lowest BCUT2D eigenvalue weighted by Gasteiger charge is -2.29. The third-order valence-electron chi connectivity index (χ3n) is 6.71. The van der Waals surface area contributed by atoms with E-state index in [1.165, 1.54) is 6.07 Å². The highest BCUT2D eigenvalue weighted by Crippen LogP contribution is 2.43. The van der Waals surface area contributed by atoms with Gasteiger partial charge in [0.05, 0.1) is 0 Å². The van der Waals surface area contributed by atoms with Crippen molar-refractivity contribution in [3.63, 3.8) is 0 Å². The number of fused-ring (bicyclic) bond motifs is 1. The van der Waals surface area contributed by atoms with Crippen molar-refractivity contribution in [1.29, 1.82) is 0 Å². The Morgan fingerprint density at radius 3 is 2.49 bits per heavy atom. The summed E-state index contributed by atoms with van der Waals surface area (Å²) >= 11 is 0. The molecule has 0 saturated carbocycles. The number of aryl methyl sites for hydroxylation is 1. The van der Waals surface area contributed by atoms with Gasteiger partial charge in [0.1, 0.15) is 28.2 Å². The summed E-state index contributed by atoms with van der Waals surface area (Å²) in [5.74, 6) is -1.01. The number of benzene rings is 2. The van der Waals surface area contributed by atoms with Crippen LogP contribution >= 0.6 is 0 Å². The minimum atomic E-state index is -0.644. The molecule has 0 bridgehead atoms. The third kappa shape index (κ3) is 4.27. The molecule has 35 heavy (non-hydrogen) atoms. The van der Waals surface area contributed by atoms with Crippen molar-refractivity contribution >= 4 is 16.9 Å². The second kappa shape index (κ2) is 9.29. The molecule has 1 atom stereocenters. The molecule has 2 N–H and O–H groups in total. The molecule has 1 aliphatic rings. The smallest absolute Gasteiger partial charge is 0.223 e. The number of carbonyl (C=O) groups excluding carboxylic acids is 1. The first-order chi connectivity index (χ1) is 16.9. The molecular formula is C27H27N3O5. The predicted octanol–water partition coefficient (Wildman–Crippen LogP) is 4.14. The van der Waals surface area contributed by atoms with Crippen LogP contribution in [0.25, 0.3) is 22.3 Å². The van der Waals surface area contributed by atoms with Gasteiger partial charge in [-0.1, -0.05) is 30.3 Å². The second-order valence-electron chi connectivity index (χ2n) is 8.95. The number of aromatic hydroxyl groups is 2. The van der Waals surface area contributed by atoms with Gasteiger partial charge in [0.2, 0.25) is 5.91 Å². The van der Waals surface area contributed by atoms with Gasteiger partial charge in [0.15, 0.2) is 5.43 Å². The Morgan fingerprint density at radius 2 is 1.80 bits per heavy atom. The molecule has 1 amide bonds. The molecule has 0 aliphatic carbocycles. The molecular weight excluding hydrogens is 446 g/mol. The van der Waals surface area contributed by atoms with Crippen LogP contribution < -0.4 is 5.43 Å². The van der Waals surface area contributed by atoms with E-state index in [-0.39, 0.29) is 40.4 Å². The number of piperidine rings is 1. The van der Waals surface area contributed by atoms with Crippen molar-refractivity contribution in [3.05, 3.63) is 76.2 Å². The standard InChI is InChI=1S/C27H27N3O5/c1-29-19(10-11-28-29)18(14-24(34)30-12-6-3-7-13-30)25-20(31)15-21(32)26-22(33)16-23(35-27(25)26)17-8-4-2-5-9-17/h2,4-5,8-11,15-16,18,31-32H,3,6-7,12-14H2,1H3/t18-/m1/s1. The number of nitrogens with zero attached hydrogens (tertiary/aromatic N) is 3. The summed E-state index contributed by atoms with van der Waals surface area (Å²) in [7, 11) is 1.76. The van der Waals surface area contributed by atoms with E-state index in [4.69, 9.17) is 4.42 Å². The molecule has 0 spiro atoms. The molecule has 2 aromatic heterocycles. The fraction of sp³-hybridized carbons (Fsp3) is 0.296. The zero-order valence-electron chi connectivity index (χ0n) is 19.5. The lowest BCUT2D eigenvalue weighted by atomic mass is 9.88. The number of aromatic nitrogens is 2. The van der Waals surface area contributed by atoms with Crippen molar-refractivity contribution in [2.45, 2.75) is 31.6 Å². The quantitative estimate of drug-likeness (QED) is 0.451.